The molecular formula is C17H14F3N11O2S. The molecule has 0 aliphatic rings. The minimum absolute atomic E-state index is 0.0209. The van der Waals surface area contributed by atoms with Crippen LogP contribution >= 0.6 is 11.8 Å². The van der Waals surface area contributed by atoms with Crippen molar-refractivity contribution in [1.82, 2.24) is 45.5 Å². The zero-order valence-corrected chi connectivity index (χ0v) is 17.9. The van der Waals surface area contributed by atoms with Crippen molar-refractivity contribution in [3.05, 3.63) is 53.1 Å². The number of nitrogens with zero attached hydrogens (tertiary/aromatic N) is 9. The van der Waals surface area contributed by atoms with Crippen LogP contribution in [-0.4, -0.2) is 52.2 Å². The van der Waals surface area contributed by atoms with Crippen molar-refractivity contribution in [2.45, 2.75) is 17.1 Å². The summed E-state index contributed by atoms with van der Waals surface area (Å²) >= 11 is 1.23. The van der Waals surface area contributed by atoms with E-state index in [1.807, 2.05) is 0 Å². The zero-order chi connectivity index (χ0) is 24.3. The van der Waals surface area contributed by atoms with Crippen LogP contribution in [0.3, 0.4) is 0 Å². The normalized spacial score (nSPS) is 11.9. The molecule has 1 amide bonds. The topological polar surface area (TPSA) is 168 Å². The fourth-order valence-electron chi connectivity index (χ4n) is 2.67. The van der Waals surface area contributed by atoms with Gasteiger partial charge in [-0.3, -0.25) is 4.79 Å². The number of carbonyl (C=O) groups excluding carboxylic acids is 1. The van der Waals surface area contributed by atoms with Crippen molar-refractivity contribution in [3.63, 3.8) is 0 Å². The van der Waals surface area contributed by atoms with Gasteiger partial charge in [-0.05, 0) is 28.0 Å². The second-order valence-corrected chi connectivity index (χ2v) is 7.55. The molecular weight excluding hydrogens is 479 g/mol. The van der Waals surface area contributed by atoms with E-state index in [2.05, 4.69) is 46.0 Å². The quantitative estimate of drug-likeness (QED) is 0.218. The molecule has 1 aromatic carbocycles. The predicted octanol–water partition coefficient (Wildman–Crippen LogP) is 1.44. The van der Waals surface area contributed by atoms with E-state index in [4.69, 9.17) is 5.73 Å². The maximum atomic E-state index is 12.9. The van der Waals surface area contributed by atoms with Gasteiger partial charge in [0, 0.05) is 12.8 Å². The first-order valence-corrected chi connectivity index (χ1v) is 10.2. The number of rotatable bonds is 7. The highest BCUT2D eigenvalue weighted by Crippen LogP contribution is 2.29. The number of alkyl halides is 3. The van der Waals surface area contributed by atoms with Crippen LogP contribution in [0.2, 0.25) is 0 Å². The molecule has 34 heavy (non-hydrogen) atoms. The molecule has 4 rings (SSSR count). The Morgan fingerprint density at radius 2 is 2.15 bits per heavy atom. The number of aromatic nitrogens is 8. The molecule has 0 saturated heterocycles. The first-order chi connectivity index (χ1) is 16.2. The Morgan fingerprint density at radius 3 is 2.82 bits per heavy atom. The first kappa shape index (κ1) is 22.9. The molecule has 0 spiro atoms. The minimum Gasteiger partial charge on any atom is -0.378 e. The number of benzene rings is 1. The highest BCUT2D eigenvalue weighted by molar-refractivity contribution is 7.98. The summed E-state index contributed by atoms with van der Waals surface area (Å²) in [4.78, 5) is 12.7. The second kappa shape index (κ2) is 9.30. The Morgan fingerprint density at radius 1 is 1.32 bits per heavy atom. The fourth-order valence-corrected chi connectivity index (χ4v) is 3.55. The van der Waals surface area contributed by atoms with Gasteiger partial charge in [-0.15, -0.1) is 15.3 Å². The second-order valence-electron chi connectivity index (χ2n) is 6.61. The maximum absolute atomic E-state index is 12.9. The van der Waals surface area contributed by atoms with Crippen LogP contribution in [0.4, 0.5) is 19.0 Å². The Balaban J connectivity index is 1.56. The summed E-state index contributed by atoms with van der Waals surface area (Å²) in [5, 5.41) is 26.9. The maximum Gasteiger partial charge on any atom is 0.416 e. The van der Waals surface area contributed by atoms with Crippen molar-refractivity contribution in [3.8, 4) is 5.82 Å². The van der Waals surface area contributed by atoms with Gasteiger partial charge in [0.05, 0.1) is 17.5 Å². The van der Waals surface area contributed by atoms with Crippen LogP contribution in [-0.2, 0) is 19.0 Å². The Kier molecular flexibility index (Phi) is 6.26. The SMILES string of the molecule is Cn1cnnc1SCc1c(C(=O)N/N=C\c2cccc(C(F)(F)F)c2)nnn1-c1nonc1N. The van der Waals surface area contributed by atoms with E-state index in [0.29, 0.717) is 5.16 Å². The molecule has 0 fully saturated rings. The molecule has 3 heterocycles. The van der Waals surface area contributed by atoms with Crippen molar-refractivity contribution < 1.29 is 22.6 Å². The van der Waals surface area contributed by atoms with Gasteiger partial charge in [-0.1, -0.05) is 29.1 Å². The van der Waals surface area contributed by atoms with E-state index >= 15 is 0 Å². The summed E-state index contributed by atoms with van der Waals surface area (Å²) in [6, 6.07) is 4.47. The molecule has 0 atom stereocenters. The molecule has 176 valence electrons. The molecule has 0 unspecified atom stereocenters. The number of nitrogens with two attached hydrogens (primary N) is 1. The number of anilines is 1. The summed E-state index contributed by atoms with van der Waals surface area (Å²) in [6.07, 6.45) is -1.92. The van der Waals surface area contributed by atoms with Gasteiger partial charge in [0.15, 0.2) is 10.9 Å². The van der Waals surface area contributed by atoms with Gasteiger partial charge >= 0.3 is 6.18 Å². The van der Waals surface area contributed by atoms with Crippen LogP contribution in [0, 0.1) is 0 Å². The number of nitrogen functional groups attached to an aromatic ring is 1. The molecule has 0 aliphatic heterocycles. The number of thioether (sulfide) groups is 1. The predicted molar refractivity (Wildman–Crippen MR) is 111 cm³/mol. The number of hydrogen-bond donors (Lipinski definition) is 2. The molecule has 17 heteroatoms. The lowest BCUT2D eigenvalue weighted by Crippen LogP contribution is -2.20. The summed E-state index contributed by atoms with van der Waals surface area (Å²) in [5.74, 6) is -0.679. The Hall–Kier alpha value is -4.28. The number of carbonyl (C=O) groups is 1. The van der Waals surface area contributed by atoms with Gasteiger partial charge in [0.25, 0.3) is 5.91 Å². The number of hydrazone groups is 1. The average Bonchev–Trinajstić information content (AvgIpc) is 3.51. The van der Waals surface area contributed by atoms with Crippen molar-refractivity contribution in [1.29, 1.82) is 0 Å². The molecule has 3 N–H and O–H groups in total. The van der Waals surface area contributed by atoms with E-state index in [-0.39, 0.29) is 34.3 Å². The summed E-state index contributed by atoms with van der Waals surface area (Å²) in [5.41, 5.74) is 7.40. The third-order valence-corrected chi connectivity index (χ3v) is 5.32. The third-order valence-electron chi connectivity index (χ3n) is 4.28. The lowest BCUT2D eigenvalue weighted by Gasteiger charge is -2.06. The number of hydrogen-bond acceptors (Lipinski definition) is 11. The van der Waals surface area contributed by atoms with E-state index in [1.54, 1.807) is 11.6 Å². The molecule has 4 aromatic rings. The minimum atomic E-state index is -4.50. The van der Waals surface area contributed by atoms with Crippen LogP contribution in [0.1, 0.15) is 27.3 Å². The van der Waals surface area contributed by atoms with Crippen LogP contribution in [0.25, 0.3) is 5.82 Å². The molecule has 0 aliphatic carbocycles. The molecule has 3 aromatic heterocycles. The van der Waals surface area contributed by atoms with Crippen molar-refractivity contribution in [2.75, 3.05) is 5.73 Å². The van der Waals surface area contributed by atoms with Crippen LogP contribution < -0.4 is 11.2 Å². The van der Waals surface area contributed by atoms with Crippen LogP contribution in [0.5, 0.6) is 0 Å². The van der Waals surface area contributed by atoms with Gasteiger partial charge < -0.3 is 10.3 Å². The Bertz CT molecular complexity index is 1340. The highest BCUT2D eigenvalue weighted by Gasteiger charge is 2.30. The van der Waals surface area contributed by atoms with Crippen LogP contribution in [0.15, 0.2) is 45.5 Å². The summed E-state index contributed by atoms with van der Waals surface area (Å²) in [6.45, 7) is 0. The number of nitrogens with one attached hydrogen (secondary N) is 1. The number of halogens is 3. The van der Waals surface area contributed by atoms with E-state index in [0.717, 1.165) is 18.3 Å². The van der Waals surface area contributed by atoms with E-state index in [1.165, 1.54) is 34.9 Å². The largest absolute Gasteiger partial charge is 0.416 e. The standard InChI is InChI=1S/C17H14F3N11O2S/c1-30-8-23-26-16(30)34-7-11-12(24-29-31(11)14-13(21)27-33-28-14)15(32)25-22-6-9-3-2-4-10(5-9)17(18,19)20/h2-6,8H,7H2,1H3,(H2,21,27)(H,25,32)/b22-6-. The summed E-state index contributed by atoms with van der Waals surface area (Å²) in [7, 11) is 1.74. The van der Waals surface area contributed by atoms with E-state index < -0.39 is 17.6 Å². The molecule has 0 saturated carbocycles. The average molecular weight is 493 g/mol. The zero-order valence-electron chi connectivity index (χ0n) is 17.1. The monoisotopic (exact) mass is 493 g/mol. The Labute approximate surface area is 192 Å². The lowest BCUT2D eigenvalue weighted by molar-refractivity contribution is -0.137. The van der Waals surface area contributed by atoms with E-state index in [9.17, 15) is 18.0 Å². The molecule has 0 bridgehead atoms. The van der Waals surface area contributed by atoms with Gasteiger partial charge in [0.2, 0.25) is 11.6 Å². The first-order valence-electron chi connectivity index (χ1n) is 9.24. The smallest absolute Gasteiger partial charge is 0.378 e. The van der Waals surface area contributed by atoms with Gasteiger partial charge in [0.1, 0.15) is 6.33 Å². The van der Waals surface area contributed by atoms with Gasteiger partial charge in [-0.25, -0.2) is 10.1 Å². The lowest BCUT2D eigenvalue weighted by atomic mass is 10.1. The number of amides is 1. The van der Waals surface area contributed by atoms with Gasteiger partial charge in [-0.2, -0.15) is 23.0 Å². The number of aryl methyl sites for hydroxylation is 1. The third kappa shape index (κ3) is 4.87. The molecule has 13 nitrogen and oxygen atoms in total. The fraction of sp³-hybridized carbons (Fsp3) is 0.176. The summed E-state index contributed by atoms with van der Waals surface area (Å²) < 4.78 is 46.0. The van der Waals surface area contributed by atoms with Crippen molar-refractivity contribution in [2.24, 2.45) is 12.1 Å². The van der Waals surface area contributed by atoms with Crippen molar-refractivity contribution >= 4 is 29.7 Å². The molecule has 0 radical (unpaired) electrons. The highest BCUT2D eigenvalue weighted by atomic mass is 32.2.